The van der Waals surface area contributed by atoms with Gasteiger partial charge in [-0.3, -0.25) is 13.8 Å². The van der Waals surface area contributed by atoms with Gasteiger partial charge in [-0.05, 0) is 0 Å². The van der Waals surface area contributed by atoms with Gasteiger partial charge in [-0.2, -0.15) is 12.6 Å². The van der Waals surface area contributed by atoms with Gasteiger partial charge in [-0.1, -0.05) is 0 Å². The standard InChI is InChI=1S/C8H16N2O3S2/c1-6(11)10-7(5-14)8(12)9-3-4-15(2)13/h7,14H,3-5H2,1-2H3,(H,9,12)(H,10,11). The van der Waals surface area contributed by atoms with E-state index in [9.17, 15) is 13.8 Å². The van der Waals surface area contributed by atoms with E-state index in [1.54, 1.807) is 6.26 Å². The van der Waals surface area contributed by atoms with Crippen LogP contribution in [0.4, 0.5) is 0 Å². The Morgan fingerprint density at radius 3 is 2.47 bits per heavy atom. The van der Waals surface area contributed by atoms with Crippen LogP contribution in [-0.4, -0.2) is 46.4 Å². The molecule has 2 atom stereocenters. The lowest BCUT2D eigenvalue weighted by molar-refractivity contribution is -0.127. The van der Waals surface area contributed by atoms with Crippen LogP contribution in [0.2, 0.25) is 0 Å². The summed E-state index contributed by atoms with van der Waals surface area (Å²) in [5, 5.41) is 5.04. The Kier molecular flexibility index (Phi) is 7.41. The minimum absolute atomic E-state index is 0.237. The fraction of sp³-hybridized carbons (Fsp3) is 0.750. The first-order valence-corrected chi connectivity index (χ1v) is 6.79. The van der Waals surface area contributed by atoms with Gasteiger partial charge in [0.15, 0.2) is 0 Å². The van der Waals surface area contributed by atoms with E-state index in [-0.39, 0.29) is 17.6 Å². The highest BCUT2D eigenvalue weighted by Crippen LogP contribution is 1.88. The van der Waals surface area contributed by atoms with Crippen molar-refractivity contribution in [1.29, 1.82) is 0 Å². The lowest BCUT2D eigenvalue weighted by Crippen LogP contribution is -2.48. The molecule has 0 aromatic rings. The molecular weight excluding hydrogens is 236 g/mol. The van der Waals surface area contributed by atoms with E-state index in [0.717, 1.165) is 0 Å². The van der Waals surface area contributed by atoms with E-state index in [4.69, 9.17) is 0 Å². The van der Waals surface area contributed by atoms with Crippen molar-refractivity contribution in [3.8, 4) is 0 Å². The molecular formula is C8H16N2O3S2. The van der Waals surface area contributed by atoms with Crippen LogP contribution in [-0.2, 0) is 20.4 Å². The number of thiol groups is 1. The molecule has 0 heterocycles. The maximum absolute atomic E-state index is 11.4. The fourth-order valence-electron chi connectivity index (χ4n) is 0.881. The lowest BCUT2D eigenvalue weighted by Gasteiger charge is -2.14. The summed E-state index contributed by atoms with van der Waals surface area (Å²) in [6.45, 7) is 1.68. The molecule has 2 unspecified atom stereocenters. The van der Waals surface area contributed by atoms with Gasteiger partial charge in [0.25, 0.3) is 0 Å². The van der Waals surface area contributed by atoms with Crippen molar-refractivity contribution in [2.24, 2.45) is 0 Å². The maximum Gasteiger partial charge on any atom is 0.243 e. The topological polar surface area (TPSA) is 75.3 Å². The van der Waals surface area contributed by atoms with Crippen molar-refractivity contribution in [3.63, 3.8) is 0 Å². The molecule has 0 fully saturated rings. The van der Waals surface area contributed by atoms with E-state index in [1.807, 2.05) is 0 Å². The second kappa shape index (κ2) is 7.70. The van der Waals surface area contributed by atoms with E-state index >= 15 is 0 Å². The number of hydrogen-bond acceptors (Lipinski definition) is 4. The summed E-state index contributed by atoms with van der Waals surface area (Å²) < 4.78 is 10.7. The highest BCUT2D eigenvalue weighted by molar-refractivity contribution is 7.84. The minimum atomic E-state index is -0.929. The molecule has 2 N–H and O–H groups in total. The highest BCUT2D eigenvalue weighted by atomic mass is 32.2. The summed E-state index contributed by atoms with van der Waals surface area (Å²) in [6, 6.07) is -0.629. The highest BCUT2D eigenvalue weighted by Gasteiger charge is 2.16. The van der Waals surface area contributed by atoms with Crippen molar-refractivity contribution in [2.45, 2.75) is 13.0 Å². The molecule has 0 spiro atoms. The zero-order valence-electron chi connectivity index (χ0n) is 8.78. The van der Waals surface area contributed by atoms with Gasteiger partial charge in [0.2, 0.25) is 11.8 Å². The molecule has 0 saturated heterocycles. The molecule has 7 heteroatoms. The average Bonchev–Trinajstić information content (AvgIpc) is 2.13. The smallest absolute Gasteiger partial charge is 0.243 e. The lowest BCUT2D eigenvalue weighted by atomic mass is 10.3. The maximum atomic E-state index is 11.4. The Hall–Kier alpha value is -0.560. The van der Waals surface area contributed by atoms with Crippen LogP contribution in [0.25, 0.3) is 0 Å². The van der Waals surface area contributed by atoms with Crippen LogP contribution in [0.1, 0.15) is 6.92 Å². The monoisotopic (exact) mass is 252 g/mol. The summed E-state index contributed by atoms with van der Waals surface area (Å²) in [7, 11) is -0.929. The molecule has 15 heavy (non-hydrogen) atoms. The molecule has 0 radical (unpaired) electrons. The Bertz CT molecular complexity index is 258. The molecule has 0 aliphatic heterocycles. The molecule has 0 aromatic carbocycles. The summed E-state index contributed by atoms with van der Waals surface area (Å²) in [4.78, 5) is 22.1. The molecule has 0 aliphatic rings. The molecule has 0 rings (SSSR count). The average molecular weight is 252 g/mol. The first-order valence-electron chi connectivity index (χ1n) is 4.43. The minimum Gasteiger partial charge on any atom is -0.353 e. The van der Waals surface area contributed by atoms with E-state index in [2.05, 4.69) is 23.3 Å². The third kappa shape index (κ3) is 7.38. The number of rotatable bonds is 6. The van der Waals surface area contributed by atoms with Gasteiger partial charge < -0.3 is 10.6 Å². The molecule has 88 valence electrons. The number of hydrogen-bond donors (Lipinski definition) is 3. The summed E-state index contributed by atoms with van der Waals surface area (Å²) >= 11 is 3.96. The summed E-state index contributed by atoms with van der Waals surface area (Å²) in [6.07, 6.45) is 1.57. The van der Waals surface area contributed by atoms with Gasteiger partial charge in [0.1, 0.15) is 6.04 Å². The van der Waals surface area contributed by atoms with Crippen LogP contribution in [0.15, 0.2) is 0 Å². The Balaban J connectivity index is 3.93. The van der Waals surface area contributed by atoms with Gasteiger partial charge in [-0.25, -0.2) is 0 Å². The van der Waals surface area contributed by atoms with Gasteiger partial charge >= 0.3 is 0 Å². The zero-order valence-corrected chi connectivity index (χ0v) is 10.5. The van der Waals surface area contributed by atoms with Crippen molar-refractivity contribution in [2.75, 3.05) is 24.3 Å². The normalized spacial score (nSPS) is 14.1. The van der Waals surface area contributed by atoms with Crippen molar-refractivity contribution in [3.05, 3.63) is 0 Å². The zero-order chi connectivity index (χ0) is 11.8. The van der Waals surface area contributed by atoms with Crippen LogP contribution in [0.3, 0.4) is 0 Å². The predicted molar refractivity (Wildman–Crippen MR) is 63.4 cm³/mol. The van der Waals surface area contributed by atoms with Gasteiger partial charge in [0.05, 0.1) is 0 Å². The van der Waals surface area contributed by atoms with Crippen LogP contribution in [0, 0.1) is 0 Å². The summed E-state index contributed by atoms with van der Waals surface area (Å²) in [5.74, 6) is 0.0695. The molecule has 0 aliphatic carbocycles. The number of carbonyl (C=O) groups is 2. The van der Waals surface area contributed by atoms with Crippen molar-refractivity contribution in [1.82, 2.24) is 10.6 Å². The molecule has 0 bridgehead atoms. The number of amides is 2. The third-order valence-electron chi connectivity index (χ3n) is 1.57. The largest absolute Gasteiger partial charge is 0.353 e. The molecule has 0 aromatic heterocycles. The van der Waals surface area contributed by atoms with E-state index < -0.39 is 16.8 Å². The van der Waals surface area contributed by atoms with E-state index in [0.29, 0.717) is 12.3 Å². The predicted octanol–water partition coefficient (Wildman–Crippen LogP) is -1.08. The van der Waals surface area contributed by atoms with Crippen LogP contribution >= 0.6 is 12.6 Å². The van der Waals surface area contributed by atoms with Gasteiger partial charge in [0, 0.05) is 42.0 Å². The quantitative estimate of drug-likeness (QED) is 0.526. The van der Waals surface area contributed by atoms with E-state index in [1.165, 1.54) is 6.92 Å². The van der Waals surface area contributed by atoms with Crippen LogP contribution in [0.5, 0.6) is 0 Å². The molecule has 0 saturated carbocycles. The Morgan fingerprint density at radius 1 is 1.47 bits per heavy atom. The second-order valence-electron chi connectivity index (χ2n) is 3.00. The Morgan fingerprint density at radius 2 is 2.07 bits per heavy atom. The number of nitrogens with one attached hydrogen (secondary N) is 2. The third-order valence-corrected chi connectivity index (χ3v) is 2.71. The summed E-state index contributed by atoms with van der Waals surface area (Å²) in [5.41, 5.74) is 0. The first kappa shape index (κ1) is 14.4. The molecule has 5 nitrogen and oxygen atoms in total. The van der Waals surface area contributed by atoms with Gasteiger partial charge in [-0.15, -0.1) is 0 Å². The first-order chi connectivity index (χ1) is 6.97. The Labute approximate surface area is 97.2 Å². The molecule has 2 amide bonds. The SMILES string of the molecule is CC(=O)NC(CS)C(=O)NCCS(C)=O. The van der Waals surface area contributed by atoms with Crippen LogP contribution < -0.4 is 10.6 Å². The number of carbonyl (C=O) groups excluding carboxylic acids is 2. The fourth-order valence-corrected chi connectivity index (χ4v) is 1.53. The second-order valence-corrected chi connectivity index (χ2v) is 4.92. The van der Waals surface area contributed by atoms with Crippen molar-refractivity contribution < 1.29 is 13.8 Å². The van der Waals surface area contributed by atoms with Crippen molar-refractivity contribution >= 4 is 35.2 Å².